The monoisotopic (exact) mass is 490 g/mol. The molecule has 0 aliphatic carbocycles. The van der Waals surface area contributed by atoms with E-state index in [-0.39, 0.29) is 5.69 Å². The van der Waals surface area contributed by atoms with Crippen molar-refractivity contribution >= 4 is 29.2 Å². The van der Waals surface area contributed by atoms with E-state index in [1.165, 1.54) is 24.3 Å². The molecule has 0 spiro atoms. The van der Waals surface area contributed by atoms with Gasteiger partial charge in [0.15, 0.2) is 5.82 Å². The van der Waals surface area contributed by atoms with Crippen LogP contribution >= 0.6 is 7.14 Å². The molecule has 2 aromatic carbocycles. The lowest BCUT2D eigenvalue weighted by molar-refractivity contribution is 0.588. The Kier molecular flexibility index (Phi) is 6.44. The van der Waals surface area contributed by atoms with Gasteiger partial charge in [0.05, 0.1) is 28.9 Å². The fraction of sp³-hybridized carbons (Fsp3) is 0.222. The van der Waals surface area contributed by atoms with E-state index in [0.29, 0.717) is 44.4 Å². The zero-order valence-corrected chi connectivity index (χ0v) is 21.0. The molecule has 0 radical (unpaired) electrons. The lowest BCUT2D eigenvalue weighted by Gasteiger charge is -2.21. The van der Waals surface area contributed by atoms with Gasteiger partial charge in [0, 0.05) is 28.2 Å². The van der Waals surface area contributed by atoms with Crippen LogP contribution in [0, 0.1) is 36.8 Å². The minimum Gasteiger partial charge on any atom is -0.376 e. The molecule has 2 aromatic heterocycles. The molecule has 4 rings (SSSR count). The molecule has 178 valence electrons. The molecular weight excluding hydrogens is 465 g/mol. The number of hydrogen-bond donors (Lipinski definition) is 1. The number of aromatic nitrogens is 2. The fourth-order valence-electron chi connectivity index (χ4n) is 3.97. The summed E-state index contributed by atoms with van der Waals surface area (Å²) in [5, 5.41) is 13.2. The molecule has 0 bridgehead atoms. The molecule has 5 nitrogen and oxygen atoms in total. The average molecular weight is 490 g/mol. The van der Waals surface area contributed by atoms with Crippen molar-refractivity contribution in [3.63, 3.8) is 0 Å². The van der Waals surface area contributed by atoms with Crippen molar-refractivity contribution in [1.29, 1.82) is 5.26 Å². The first kappa shape index (κ1) is 24.5. The molecule has 1 atom stereocenters. The van der Waals surface area contributed by atoms with Gasteiger partial charge < -0.3 is 9.88 Å². The molecule has 0 saturated heterocycles. The number of halogens is 2. The Hall–Kier alpha value is -3.62. The van der Waals surface area contributed by atoms with E-state index in [1.807, 2.05) is 19.9 Å². The second kappa shape index (κ2) is 9.20. The largest absolute Gasteiger partial charge is 0.376 e. The molecule has 2 heterocycles. The maximum Gasteiger partial charge on any atom is 0.151 e. The van der Waals surface area contributed by atoms with Gasteiger partial charge in [0.1, 0.15) is 24.2 Å². The highest BCUT2D eigenvalue weighted by Crippen LogP contribution is 2.36. The first-order valence-electron chi connectivity index (χ1n) is 11.1. The predicted octanol–water partition coefficient (Wildman–Crippen LogP) is 6.48. The number of nitriles is 1. The summed E-state index contributed by atoms with van der Waals surface area (Å²) in [5.41, 5.74) is 4.33. The van der Waals surface area contributed by atoms with Crippen LogP contribution in [0.15, 0.2) is 48.5 Å². The van der Waals surface area contributed by atoms with Crippen molar-refractivity contribution in [3.8, 4) is 17.3 Å². The molecule has 0 saturated carbocycles. The van der Waals surface area contributed by atoms with E-state index in [1.54, 1.807) is 44.5 Å². The van der Waals surface area contributed by atoms with Crippen LogP contribution in [0.4, 0.5) is 14.5 Å². The van der Waals surface area contributed by atoms with E-state index in [2.05, 4.69) is 15.3 Å². The number of rotatable bonds is 5. The SMILES string of the molecule is Cc1nc2cc(F)c(-c3ccc(P(C)(C)=O)cc3)nc2c(N[C@H](C)c2cc(C#N)ccc2F)c1C. The van der Waals surface area contributed by atoms with Crippen molar-refractivity contribution in [2.24, 2.45) is 0 Å². The summed E-state index contributed by atoms with van der Waals surface area (Å²) < 4.78 is 42.0. The Bertz CT molecular complexity index is 1540. The molecule has 0 unspecified atom stereocenters. The van der Waals surface area contributed by atoms with Gasteiger partial charge in [-0.25, -0.2) is 13.8 Å². The number of aryl methyl sites for hydroxylation is 1. The second-order valence-electron chi connectivity index (χ2n) is 9.00. The van der Waals surface area contributed by atoms with Crippen LogP contribution in [0.25, 0.3) is 22.3 Å². The van der Waals surface area contributed by atoms with Crippen LogP contribution in [-0.2, 0) is 4.57 Å². The van der Waals surface area contributed by atoms with Gasteiger partial charge in [-0.3, -0.25) is 4.98 Å². The van der Waals surface area contributed by atoms with Crippen molar-refractivity contribution in [2.45, 2.75) is 26.8 Å². The summed E-state index contributed by atoms with van der Waals surface area (Å²) >= 11 is 0. The quantitative estimate of drug-likeness (QED) is 0.324. The van der Waals surface area contributed by atoms with Gasteiger partial charge in [0.2, 0.25) is 0 Å². The summed E-state index contributed by atoms with van der Waals surface area (Å²) in [6, 6.07) is 14.0. The fourth-order valence-corrected chi connectivity index (χ4v) is 4.84. The van der Waals surface area contributed by atoms with E-state index in [0.717, 1.165) is 5.56 Å². The molecular formula is C27H25F2N4OP. The minimum absolute atomic E-state index is 0.143. The first-order chi connectivity index (χ1) is 16.5. The highest BCUT2D eigenvalue weighted by atomic mass is 31.2. The summed E-state index contributed by atoms with van der Waals surface area (Å²) in [5.74, 6) is -0.954. The molecule has 0 amide bonds. The lowest BCUT2D eigenvalue weighted by atomic mass is 10.0. The van der Waals surface area contributed by atoms with Gasteiger partial charge >= 0.3 is 0 Å². The van der Waals surface area contributed by atoms with E-state index in [4.69, 9.17) is 0 Å². The molecule has 8 heteroatoms. The number of pyridine rings is 2. The van der Waals surface area contributed by atoms with Crippen LogP contribution < -0.4 is 10.6 Å². The zero-order chi connectivity index (χ0) is 25.5. The van der Waals surface area contributed by atoms with Gasteiger partial charge in [0.25, 0.3) is 0 Å². The van der Waals surface area contributed by atoms with Crippen molar-refractivity contribution < 1.29 is 13.3 Å². The summed E-state index contributed by atoms with van der Waals surface area (Å²) in [7, 11) is -2.44. The highest BCUT2D eigenvalue weighted by molar-refractivity contribution is 7.70. The van der Waals surface area contributed by atoms with Crippen molar-refractivity contribution in [1.82, 2.24) is 9.97 Å². The summed E-state index contributed by atoms with van der Waals surface area (Å²) in [4.78, 5) is 9.13. The Morgan fingerprint density at radius 3 is 2.31 bits per heavy atom. The summed E-state index contributed by atoms with van der Waals surface area (Å²) in [6.45, 7) is 8.85. The van der Waals surface area contributed by atoms with Gasteiger partial charge in [-0.15, -0.1) is 0 Å². The number of nitrogens with one attached hydrogen (secondary N) is 1. The molecule has 35 heavy (non-hydrogen) atoms. The van der Waals surface area contributed by atoms with Crippen LogP contribution in [-0.4, -0.2) is 23.3 Å². The van der Waals surface area contributed by atoms with Gasteiger partial charge in [-0.05, 0) is 57.9 Å². The van der Waals surface area contributed by atoms with Crippen LogP contribution in [0.1, 0.15) is 35.3 Å². The maximum absolute atomic E-state index is 15.1. The van der Waals surface area contributed by atoms with E-state index >= 15 is 4.39 Å². The standard InChI is InChI=1S/C27H25F2N4OP/c1-15-16(2)31-24-13-23(29)26(19-7-9-20(10-8-19)35(4,5)34)33-27(24)25(15)32-17(3)21-12-18(14-30)6-11-22(21)28/h6-13,17H,1-5H3,(H,31,32)/t17-/m1/s1. The molecule has 1 N–H and O–H groups in total. The molecule has 4 aromatic rings. The average Bonchev–Trinajstić information content (AvgIpc) is 2.81. The molecule has 0 aliphatic heterocycles. The van der Waals surface area contributed by atoms with Gasteiger partial charge in [-0.1, -0.05) is 24.3 Å². The Morgan fingerprint density at radius 2 is 1.69 bits per heavy atom. The topological polar surface area (TPSA) is 78.7 Å². The van der Waals surface area contributed by atoms with E-state index in [9.17, 15) is 14.2 Å². The van der Waals surface area contributed by atoms with Crippen molar-refractivity contribution in [2.75, 3.05) is 18.6 Å². The third kappa shape index (κ3) is 4.80. The minimum atomic E-state index is -2.44. The number of hydrogen-bond acceptors (Lipinski definition) is 5. The zero-order valence-electron chi connectivity index (χ0n) is 20.1. The number of anilines is 1. The van der Waals surface area contributed by atoms with Crippen LogP contribution in [0.3, 0.4) is 0 Å². The smallest absolute Gasteiger partial charge is 0.151 e. The van der Waals surface area contributed by atoms with Crippen LogP contribution in [0.2, 0.25) is 0 Å². The Labute approximate surface area is 203 Å². The maximum atomic E-state index is 15.1. The molecule has 0 aliphatic rings. The number of benzene rings is 2. The normalized spacial score (nSPS) is 12.4. The highest BCUT2D eigenvalue weighted by Gasteiger charge is 2.20. The van der Waals surface area contributed by atoms with E-state index < -0.39 is 24.8 Å². The third-order valence-electron chi connectivity index (χ3n) is 6.11. The number of nitrogens with zero attached hydrogens (tertiary/aromatic N) is 3. The first-order valence-corrected chi connectivity index (χ1v) is 13.7. The predicted molar refractivity (Wildman–Crippen MR) is 137 cm³/mol. The molecule has 0 fully saturated rings. The number of fused-ring (bicyclic) bond motifs is 1. The lowest BCUT2D eigenvalue weighted by Crippen LogP contribution is -2.12. The Balaban J connectivity index is 1.84. The van der Waals surface area contributed by atoms with Crippen LogP contribution in [0.5, 0.6) is 0 Å². The Morgan fingerprint density at radius 1 is 1.00 bits per heavy atom. The van der Waals surface area contributed by atoms with Gasteiger partial charge in [-0.2, -0.15) is 5.26 Å². The summed E-state index contributed by atoms with van der Waals surface area (Å²) in [6.07, 6.45) is 0. The second-order valence-corrected chi connectivity index (χ2v) is 12.2. The third-order valence-corrected chi connectivity index (χ3v) is 7.66. The van der Waals surface area contributed by atoms with Crippen molar-refractivity contribution in [3.05, 3.63) is 82.5 Å².